The van der Waals surface area contributed by atoms with Gasteiger partial charge < -0.3 is 10.2 Å². The highest BCUT2D eigenvalue weighted by Gasteiger charge is 2.41. The normalized spacial score (nSPS) is 15.3. The summed E-state index contributed by atoms with van der Waals surface area (Å²) >= 11 is 0. The Kier molecular flexibility index (Phi) is 5.08. The fourth-order valence-corrected chi connectivity index (χ4v) is 3.53. The van der Waals surface area contributed by atoms with Gasteiger partial charge in [-0.2, -0.15) is 0 Å². The van der Waals surface area contributed by atoms with E-state index in [0.29, 0.717) is 17.7 Å². The maximum atomic E-state index is 14.2. The van der Waals surface area contributed by atoms with Crippen molar-refractivity contribution < 1.29 is 18.4 Å². The van der Waals surface area contributed by atoms with E-state index in [1.165, 1.54) is 11.0 Å². The van der Waals surface area contributed by atoms with Crippen molar-refractivity contribution in [1.82, 2.24) is 10.2 Å². The molecule has 1 unspecified atom stereocenters. The highest BCUT2D eigenvalue weighted by atomic mass is 19.1. The molecule has 146 valence electrons. The Hall–Kier alpha value is -3.54. The molecule has 3 aromatic rings. The van der Waals surface area contributed by atoms with Crippen LogP contribution in [0.15, 0.2) is 72.8 Å². The molecule has 29 heavy (non-hydrogen) atoms. The van der Waals surface area contributed by atoms with Gasteiger partial charge in [0.25, 0.3) is 5.91 Å². The number of rotatable bonds is 5. The van der Waals surface area contributed by atoms with E-state index in [0.717, 1.165) is 17.7 Å². The molecule has 1 atom stereocenters. The molecule has 1 heterocycles. The number of carbonyl (C=O) groups excluding carboxylic acids is 2. The minimum atomic E-state index is -0.883. The van der Waals surface area contributed by atoms with Crippen LogP contribution in [0.2, 0.25) is 0 Å². The average Bonchev–Trinajstić information content (AvgIpc) is 3.01. The van der Waals surface area contributed by atoms with Gasteiger partial charge in [0, 0.05) is 23.7 Å². The van der Waals surface area contributed by atoms with Gasteiger partial charge in [0.15, 0.2) is 0 Å². The van der Waals surface area contributed by atoms with Gasteiger partial charge in [0.2, 0.25) is 5.91 Å². The second-order valence-corrected chi connectivity index (χ2v) is 6.86. The number of nitrogens with one attached hydrogen (secondary N) is 1. The summed E-state index contributed by atoms with van der Waals surface area (Å²) in [7, 11) is 0. The molecular formula is C23H18F2N2O2. The smallest absolute Gasteiger partial charge is 0.255 e. The van der Waals surface area contributed by atoms with E-state index < -0.39 is 17.7 Å². The lowest BCUT2D eigenvalue weighted by molar-refractivity contribution is -0.125. The molecule has 1 N–H and O–H groups in total. The highest BCUT2D eigenvalue weighted by Crippen LogP contribution is 2.35. The van der Waals surface area contributed by atoms with Gasteiger partial charge in [-0.1, -0.05) is 54.6 Å². The SMILES string of the molecule is O=C(NCc1ccccc1)C1c2ccccc2C(=O)N1Cc1ccc(F)cc1F. The quantitative estimate of drug-likeness (QED) is 0.714. The van der Waals surface area contributed by atoms with Crippen molar-refractivity contribution in [1.29, 1.82) is 0 Å². The Labute approximate surface area is 166 Å². The lowest BCUT2D eigenvalue weighted by Gasteiger charge is -2.25. The predicted molar refractivity (Wildman–Crippen MR) is 104 cm³/mol. The minimum Gasteiger partial charge on any atom is -0.350 e. The lowest BCUT2D eigenvalue weighted by atomic mass is 10.0. The van der Waals surface area contributed by atoms with Crippen molar-refractivity contribution in [3.05, 3.63) is 107 Å². The number of amides is 2. The van der Waals surface area contributed by atoms with Gasteiger partial charge in [0.05, 0.1) is 6.54 Å². The van der Waals surface area contributed by atoms with Crippen LogP contribution < -0.4 is 5.32 Å². The molecule has 0 radical (unpaired) electrons. The van der Waals surface area contributed by atoms with Crippen LogP contribution in [0.5, 0.6) is 0 Å². The van der Waals surface area contributed by atoms with Gasteiger partial charge >= 0.3 is 0 Å². The molecule has 0 bridgehead atoms. The molecule has 1 aliphatic heterocycles. The fraction of sp³-hybridized carbons (Fsp3) is 0.130. The highest BCUT2D eigenvalue weighted by molar-refractivity contribution is 6.04. The van der Waals surface area contributed by atoms with Crippen LogP contribution in [0.1, 0.15) is 33.1 Å². The second-order valence-electron chi connectivity index (χ2n) is 6.86. The van der Waals surface area contributed by atoms with Gasteiger partial charge in [-0.3, -0.25) is 9.59 Å². The molecule has 0 spiro atoms. The van der Waals surface area contributed by atoms with E-state index in [9.17, 15) is 18.4 Å². The van der Waals surface area contributed by atoms with Crippen molar-refractivity contribution in [2.75, 3.05) is 0 Å². The van der Waals surface area contributed by atoms with Gasteiger partial charge in [-0.15, -0.1) is 0 Å². The lowest BCUT2D eigenvalue weighted by Crippen LogP contribution is -2.38. The van der Waals surface area contributed by atoms with Crippen molar-refractivity contribution in [3.8, 4) is 0 Å². The van der Waals surface area contributed by atoms with Crippen LogP contribution in [0, 0.1) is 11.6 Å². The van der Waals surface area contributed by atoms with E-state index >= 15 is 0 Å². The number of carbonyl (C=O) groups is 2. The van der Waals surface area contributed by atoms with Crippen LogP contribution >= 0.6 is 0 Å². The zero-order valence-electron chi connectivity index (χ0n) is 15.4. The van der Waals surface area contributed by atoms with Crippen LogP contribution in [0.4, 0.5) is 8.78 Å². The predicted octanol–water partition coefficient (Wildman–Crippen LogP) is 3.98. The molecule has 0 saturated carbocycles. The zero-order chi connectivity index (χ0) is 20.4. The first-order valence-electron chi connectivity index (χ1n) is 9.20. The molecular weight excluding hydrogens is 374 g/mol. The second kappa shape index (κ2) is 7.83. The number of halogens is 2. The molecule has 6 heteroatoms. The first kappa shape index (κ1) is 18.8. The fourth-order valence-electron chi connectivity index (χ4n) is 3.53. The third-order valence-electron chi connectivity index (χ3n) is 4.97. The number of nitrogens with zero attached hydrogens (tertiary/aromatic N) is 1. The molecule has 3 aromatic carbocycles. The van der Waals surface area contributed by atoms with Crippen molar-refractivity contribution in [3.63, 3.8) is 0 Å². The molecule has 0 fully saturated rings. The Balaban J connectivity index is 1.62. The summed E-state index contributed by atoms with van der Waals surface area (Å²) in [6, 6.07) is 18.6. The van der Waals surface area contributed by atoms with E-state index in [1.807, 2.05) is 30.3 Å². The van der Waals surface area contributed by atoms with Crippen molar-refractivity contribution in [2.45, 2.75) is 19.1 Å². The molecule has 4 nitrogen and oxygen atoms in total. The Morgan fingerprint density at radius 3 is 2.45 bits per heavy atom. The van der Waals surface area contributed by atoms with Crippen LogP contribution in [-0.2, 0) is 17.9 Å². The molecule has 4 rings (SSSR count). The topological polar surface area (TPSA) is 49.4 Å². The van der Waals surface area contributed by atoms with Gasteiger partial charge in [0.1, 0.15) is 17.7 Å². The summed E-state index contributed by atoms with van der Waals surface area (Å²) in [6.07, 6.45) is 0. The summed E-state index contributed by atoms with van der Waals surface area (Å²) in [5.41, 5.74) is 2.06. The van der Waals surface area contributed by atoms with E-state index in [2.05, 4.69) is 5.32 Å². The van der Waals surface area contributed by atoms with Gasteiger partial charge in [-0.25, -0.2) is 8.78 Å². The summed E-state index contributed by atoms with van der Waals surface area (Å²) in [5.74, 6) is -2.16. The Bertz CT molecular complexity index is 1070. The number of benzene rings is 3. The summed E-state index contributed by atoms with van der Waals surface area (Å²) in [5, 5.41) is 2.86. The number of hydrogen-bond acceptors (Lipinski definition) is 2. The number of fused-ring (bicyclic) bond motifs is 1. The Morgan fingerprint density at radius 2 is 1.69 bits per heavy atom. The van der Waals surface area contributed by atoms with Crippen LogP contribution in [0.3, 0.4) is 0 Å². The third-order valence-corrected chi connectivity index (χ3v) is 4.97. The third kappa shape index (κ3) is 3.74. The average molecular weight is 392 g/mol. The molecule has 0 aromatic heterocycles. The maximum Gasteiger partial charge on any atom is 0.255 e. The molecule has 0 aliphatic carbocycles. The molecule has 0 saturated heterocycles. The summed E-state index contributed by atoms with van der Waals surface area (Å²) in [6.45, 7) is 0.175. The molecule has 1 aliphatic rings. The summed E-state index contributed by atoms with van der Waals surface area (Å²) in [4.78, 5) is 27.2. The standard InChI is InChI=1S/C23H18F2N2O2/c24-17-11-10-16(20(25)12-17)14-27-21(18-8-4-5-9-19(18)23(27)29)22(28)26-13-15-6-2-1-3-7-15/h1-12,21H,13-14H2,(H,26,28). The molecule has 2 amide bonds. The minimum absolute atomic E-state index is 0.136. The van der Waals surface area contributed by atoms with Crippen LogP contribution in [-0.4, -0.2) is 16.7 Å². The van der Waals surface area contributed by atoms with E-state index in [-0.39, 0.29) is 23.9 Å². The van der Waals surface area contributed by atoms with Gasteiger partial charge in [-0.05, 0) is 23.3 Å². The van der Waals surface area contributed by atoms with E-state index in [4.69, 9.17) is 0 Å². The van der Waals surface area contributed by atoms with Crippen molar-refractivity contribution >= 4 is 11.8 Å². The summed E-state index contributed by atoms with van der Waals surface area (Å²) < 4.78 is 27.4. The van der Waals surface area contributed by atoms with Crippen LogP contribution in [0.25, 0.3) is 0 Å². The first-order valence-corrected chi connectivity index (χ1v) is 9.20. The Morgan fingerprint density at radius 1 is 0.966 bits per heavy atom. The monoisotopic (exact) mass is 392 g/mol. The first-order chi connectivity index (χ1) is 14.0. The number of hydrogen-bond donors (Lipinski definition) is 1. The maximum absolute atomic E-state index is 14.2. The van der Waals surface area contributed by atoms with E-state index in [1.54, 1.807) is 24.3 Å². The zero-order valence-corrected chi connectivity index (χ0v) is 15.4. The largest absolute Gasteiger partial charge is 0.350 e. The van der Waals surface area contributed by atoms with Crippen molar-refractivity contribution in [2.24, 2.45) is 0 Å².